The standard InChI is InChI=1S/C15H23N3S/c1-4-12(5-2)14-10-17-15(19-14)16-9-13-8-6-7-11(3)18-13/h6-8,12,14H,4-5,9-10H2,1-3H3,(H,16,17). The van der Waals surface area contributed by atoms with Gasteiger partial charge in [-0.05, 0) is 25.0 Å². The van der Waals surface area contributed by atoms with Crippen LogP contribution in [0.25, 0.3) is 0 Å². The Morgan fingerprint density at radius 1 is 1.37 bits per heavy atom. The fourth-order valence-electron chi connectivity index (χ4n) is 2.41. The van der Waals surface area contributed by atoms with Crippen molar-refractivity contribution in [3.63, 3.8) is 0 Å². The van der Waals surface area contributed by atoms with Crippen molar-refractivity contribution in [1.29, 1.82) is 0 Å². The monoisotopic (exact) mass is 277 g/mol. The molecule has 0 aromatic carbocycles. The largest absolute Gasteiger partial charge is 0.359 e. The number of aliphatic imine (C=N–C) groups is 1. The van der Waals surface area contributed by atoms with E-state index in [1.165, 1.54) is 12.8 Å². The van der Waals surface area contributed by atoms with Crippen molar-refractivity contribution in [2.75, 3.05) is 6.54 Å². The van der Waals surface area contributed by atoms with Crippen molar-refractivity contribution in [3.05, 3.63) is 29.6 Å². The van der Waals surface area contributed by atoms with Gasteiger partial charge in [0.25, 0.3) is 0 Å². The van der Waals surface area contributed by atoms with Crippen LogP contribution in [-0.4, -0.2) is 21.9 Å². The SMILES string of the molecule is CCC(CC)C1CN=C(NCc2cccc(C)n2)S1. The highest BCUT2D eigenvalue weighted by atomic mass is 32.2. The van der Waals surface area contributed by atoms with Gasteiger partial charge in [0.05, 0.1) is 18.8 Å². The first-order valence-electron chi connectivity index (χ1n) is 7.10. The second kappa shape index (κ2) is 6.94. The number of aryl methyl sites for hydroxylation is 1. The molecular formula is C15H23N3S. The first kappa shape index (κ1) is 14.4. The second-order valence-corrected chi connectivity index (χ2v) is 6.23. The van der Waals surface area contributed by atoms with Gasteiger partial charge in [-0.15, -0.1) is 0 Å². The lowest BCUT2D eigenvalue weighted by Gasteiger charge is -2.18. The van der Waals surface area contributed by atoms with E-state index in [0.717, 1.165) is 35.6 Å². The van der Waals surface area contributed by atoms with Crippen LogP contribution in [0.5, 0.6) is 0 Å². The molecular weight excluding hydrogens is 254 g/mol. The predicted molar refractivity (Wildman–Crippen MR) is 83.6 cm³/mol. The summed E-state index contributed by atoms with van der Waals surface area (Å²) in [5.74, 6) is 0.783. The minimum Gasteiger partial charge on any atom is -0.359 e. The fourth-order valence-corrected chi connectivity index (χ4v) is 3.73. The number of rotatable bonds is 5. The van der Waals surface area contributed by atoms with Crippen molar-refractivity contribution in [3.8, 4) is 0 Å². The molecule has 0 saturated heterocycles. The van der Waals surface area contributed by atoms with Gasteiger partial charge in [0.1, 0.15) is 0 Å². The van der Waals surface area contributed by atoms with Crippen LogP contribution in [0, 0.1) is 12.8 Å². The Labute approximate surface area is 120 Å². The highest BCUT2D eigenvalue weighted by Gasteiger charge is 2.25. The van der Waals surface area contributed by atoms with E-state index in [1.807, 2.05) is 24.8 Å². The molecule has 0 fully saturated rings. The normalized spacial score (nSPS) is 18.7. The molecule has 104 valence electrons. The minimum absolute atomic E-state index is 0.656. The Kier molecular flexibility index (Phi) is 5.25. The summed E-state index contributed by atoms with van der Waals surface area (Å²) in [5, 5.41) is 5.15. The highest BCUT2D eigenvalue weighted by molar-refractivity contribution is 8.14. The Hall–Kier alpha value is -1.03. The molecule has 19 heavy (non-hydrogen) atoms. The number of nitrogens with one attached hydrogen (secondary N) is 1. The lowest BCUT2D eigenvalue weighted by atomic mass is 9.99. The molecule has 0 radical (unpaired) electrons. The van der Waals surface area contributed by atoms with Crippen LogP contribution in [-0.2, 0) is 6.54 Å². The van der Waals surface area contributed by atoms with E-state index in [2.05, 4.69) is 41.3 Å². The first-order chi connectivity index (χ1) is 9.22. The molecule has 0 saturated carbocycles. The maximum absolute atomic E-state index is 4.61. The third kappa shape index (κ3) is 3.96. The molecule has 1 aliphatic rings. The second-order valence-electron chi connectivity index (χ2n) is 5.00. The van der Waals surface area contributed by atoms with E-state index in [1.54, 1.807) is 0 Å². The molecule has 1 atom stereocenters. The molecule has 1 unspecified atom stereocenters. The zero-order chi connectivity index (χ0) is 13.7. The molecule has 1 aliphatic heterocycles. The number of amidine groups is 1. The number of pyridine rings is 1. The summed E-state index contributed by atoms with van der Waals surface area (Å²) in [6.07, 6.45) is 2.49. The zero-order valence-electron chi connectivity index (χ0n) is 12.0. The highest BCUT2D eigenvalue weighted by Crippen LogP contribution is 2.30. The molecule has 0 spiro atoms. The van der Waals surface area contributed by atoms with E-state index >= 15 is 0 Å². The van der Waals surface area contributed by atoms with Gasteiger partial charge in [-0.2, -0.15) is 0 Å². The molecule has 2 heterocycles. The van der Waals surface area contributed by atoms with Gasteiger partial charge < -0.3 is 5.32 Å². The average molecular weight is 277 g/mol. The lowest BCUT2D eigenvalue weighted by molar-refractivity contribution is 0.479. The summed E-state index contributed by atoms with van der Waals surface area (Å²) >= 11 is 1.90. The van der Waals surface area contributed by atoms with Gasteiger partial charge in [0.15, 0.2) is 5.17 Å². The van der Waals surface area contributed by atoms with Crippen molar-refractivity contribution < 1.29 is 0 Å². The van der Waals surface area contributed by atoms with Crippen LogP contribution >= 0.6 is 11.8 Å². The van der Waals surface area contributed by atoms with Crippen LogP contribution in [0.2, 0.25) is 0 Å². The third-order valence-corrected chi connectivity index (χ3v) is 4.95. The molecule has 0 aliphatic carbocycles. The average Bonchev–Trinajstić information content (AvgIpc) is 2.87. The molecule has 3 nitrogen and oxygen atoms in total. The summed E-state index contributed by atoms with van der Waals surface area (Å²) in [6, 6.07) is 6.13. The van der Waals surface area contributed by atoms with Crippen LogP contribution in [0.3, 0.4) is 0 Å². The van der Waals surface area contributed by atoms with E-state index in [4.69, 9.17) is 0 Å². The van der Waals surface area contributed by atoms with E-state index in [-0.39, 0.29) is 0 Å². The molecule has 1 N–H and O–H groups in total. The summed E-state index contributed by atoms with van der Waals surface area (Å²) in [7, 11) is 0. The van der Waals surface area contributed by atoms with Crippen molar-refractivity contribution in [2.45, 2.75) is 45.4 Å². The van der Waals surface area contributed by atoms with E-state index < -0.39 is 0 Å². The maximum atomic E-state index is 4.61. The van der Waals surface area contributed by atoms with Crippen LogP contribution in [0.1, 0.15) is 38.1 Å². The van der Waals surface area contributed by atoms with Crippen molar-refractivity contribution in [1.82, 2.24) is 10.3 Å². The van der Waals surface area contributed by atoms with Crippen LogP contribution in [0.4, 0.5) is 0 Å². The van der Waals surface area contributed by atoms with Crippen molar-refractivity contribution in [2.24, 2.45) is 10.9 Å². The Morgan fingerprint density at radius 2 is 2.16 bits per heavy atom. The Bertz CT molecular complexity index is 441. The van der Waals surface area contributed by atoms with E-state index in [0.29, 0.717) is 5.25 Å². The van der Waals surface area contributed by atoms with Crippen LogP contribution < -0.4 is 5.32 Å². The van der Waals surface area contributed by atoms with Gasteiger partial charge >= 0.3 is 0 Å². The van der Waals surface area contributed by atoms with Gasteiger partial charge in [0.2, 0.25) is 0 Å². The molecule has 0 amide bonds. The van der Waals surface area contributed by atoms with Gasteiger partial charge in [-0.1, -0.05) is 44.5 Å². The Morgan fingerprint density at radius 3 is 2.84 bits per heavy atom. The summed E-state index contributed by atoms with van der Waals surface area (Å²) in [6.45, 7) is 8.30. The fraction of sp³-hybridized carbons (Fsp3) is 0.600. The van der Waals surface area contributed by atoms with Gasteiger partial charge in [0, 0.05) is 10.9 Å². The summed E-state index contributed by atoms with van der Waals surface area (Å²) in [4.78, 5) is 9.11. The summed E-state index contributed by atoms with van der Waals surface area (Å²) < 4.78 is 0. The predicted octanol–water partition coefficient (Wildman–Crippen LogP) is 3.39. The molecule has 1 aromatic rings. The number of hydrogen-bond donors (Lipinski definition) is 1. The molecule has 1 aromatic heterocycles. The first-order valence-corrected chi connectivity index (χ1v) is 7.98. The smallest absolute Gasteiger partial charge is 0.157 e. The minimum atomic E-state index is 0.656. The zero-order valence-corrected chi connectivity index (χ0v) is 12.8. The van der Waals surface area contributed by atoms with Crippen molar-refractivity contribution >= 4 is 16.9 Å². The quantitative estimate of drug-likeness (QED) is 0.896. The molecule has 4 heteroatoms. The van der Waals surface area contributed by atoms with Gasteiger partial charge in [-0.25, -0.2) is 0 Å². The number of aromatic nitrogens is 1. The topological polar surface area (TPSA) is 37.3 Å². The van der Waals surface area contributed by atoms with Crippen LogP contribution in [0.15, 0.2) is 23.2 Å². The number of nitrogens with zero attached hydrogens (tertiary/aromatic N) is 2. The van der Waals surface area contributed by atoms with E-state index in [9.17, 15) is 0 Å². The maximum Gasteiger partial charge on any atom is 0.157 e. The molecule has 0 bridgehead atoms. The number of hydrogen-bond acceptors (Lipinski definition) is 4. The summed E-state index contributed by atoms with van der Waals surface area (Å²) in [5.41, 5.74) is 2.14. The number of thioether (sulfide) groups is 1. The lowest BCUT2D eigenvalue weighted by Crippen LogP contribution is -2.21. The molecule has 2 rings (SSSR count). The Balaban J connectivity index is 1.82. The third-order valence-electron chi connectivity index (χ3n) is 3.62. The van der Waals surface area contributed by atoms with Gasteiger partial charge in [-0.3, -0.25) is 9.98 Å².